The number of benzene rings is 1. The Morgan fingerprint density at radius 2 is 2.08 bits per heavy atom. The van der Waals surface area contributed by atoms with Crippen molar-refractivity contribution in [1.82, 2.24) is 15.7 Å². The summed E-state index contributed by atoms with van der Waals surface area (Å²) in [6.07, 6.45) is 1.97. The second-order valence-electron chi connectivity index (χ2n) is 5.95. The van der Waals surface area contributed by atoms with Crippen molar-refractivity contribution < 1.29 is 14.4 Å². The molecule has 2 aliphatic rings. The van der Waals surface area contributed by atoms with E-state index in [-0.39, 0.29) is 5.91 Å². The predicted molar refractivity (Wildman–Crippen MR) is 97.3 cm³/mol. The number of hydrogen-bond acceptors (Lipinski definition) is 5. The normalized spacial score (nSPS) is 20.9. The van der Waals surface area contributed by atoms with Crippen LogP contribution in [0.3, 0.4) is 0 Å². The topological polar surface area (TPSA) is 62.8 Å². The molecule has 2 aliphatic heterocycles. The largest absolute Gasteiger partial charge is 0.379 e. The highest BCUT2D eigenvalue weighted by Crippen LogP contribution is 2.27. The summed E-state index contributed by atoms with van der Waals surface area (Å²) in [5.74, 6) is -0.162. The summed E-state index contributed by atoms with van der Waals surface area (Å²) >= 11 is 11.9. The molecule has 0 spiro atoms. The van der Waals surface area contributed by atoms with Crippen LogP contribution in [0, 0.1) is 0 Å². The van der Waals surface area contributed by atoms with Crippen molar-refractivity contribution in [2.45, 2.75) is 12.5 Å². The van der Waals surface area contributed by atoms with E-state index >= 15 is 0 Å². The zero-order valence-corrected chi connectivity index (χ0v) is 15.3. The molecule has 1 atom stereocenters. The number of nitrogens with zero attached hydrogens (tertiary/aromatic N) is 1. The van der Waals surface area contributed by atoms with Gasteiger partial charge in [-0.1, -0.05) is 29.3 Å². The monoisotopic (exact) mass is 385 g/mol. The number of carbonyl (C=O) groups excluding carboxylic acids is 1. The average Bonchev–Trinajstić information content (AvgIpc) is 3.12. The Labute approximate surface area is 157 Å². The standard InChI is InChI=1S/C17H21Cl2N3O3/c18-13-3-2-12(10-14(13)19)15-11-16(25-21-15)17(23)20-4-1-5-22-6-8-24-9-7-22/h2-3,10-11,16,21H,1,4-9H2,(H,20,23)/t16-/m1/s1. The van der Waals surface area contributed by atoms with Crippen LogP contribution >= 0.6 is 23.2 Å². The summed E-state index contributed by atoms with van der Waals surface area (Å²) < 4.78 is 5.32. The second kappa shape index (κ2) is 8.87. The maximum atomic E-state index is 12.2. The first kappa shape index (κ1) is 18.5. The molecular weight excluding hydrogens is 365 g/mol. The number of ether oxygens (including phenoxy) is 1. The van der Waals surface area contributed by atoms with E-state index in [1.54, 1.807) is 18.2 Å². The average molecular weight is 386 g/mol. The molecule has 0 unspecified atom stereocenters. The van der Waals surface area contributed by atoms with Crippen molar-refractivity contribution in [2.75, 3.05) is 39.4 Å². The van der Waals surface area contributed by atoms with Gasteiger partial charge in [-0.3, -0.25) is 20.0 Å². The van der Waals surface area contributed by atoms with Gasteiger partial charge in [-0.2, -0.15) is 0 Å². The van der Waals surface area contributed by atoms with E-state index in [2.05, 4.69) is 15.7 Å². The minimum absolute atomic E-state index is 0.162. The molecule has 0 aliphatic carbocycles. The van der Waals surface area contributed by atoms with Gasteiger partial charge in [0, 0.05) is 25.2 Å². The number of hydrogen-bond donors (Lipinski definition) is 2. The lowest BCUT2D eigenvalue weighted by Gasteiger charge is -2.26. The van der Waals surface area contributed by atoms with E-state index in [0.717, 1.165) is 44.8 Å². The van der Waals surface area contributed by atoms with Gasteiger partial charge in [-0.05, 0) is 31.2 Å². The Hall–Kier alpha value is -1.31. The number of amides is 1. The second-order valence-corrected chi connectivity index (χ2v) is 6.76. The first-order valence-corrected chi connectivity index (χ1v) is 9.06. The summed E-state index contributed by atoms with van der Waals surface area (Å²) in [5.41, 5.74) is 4.29. The van der Waals surface area contributed by atoms with Crippen LogP contribution in [0.25, 0.3) is 5.70 Å². The van der Waals surface area contributed by atoms with Crippen molar-refractivity contribution in [1.29, 1.82) is 0 Å². The third kappa shape index (κ3) is 5.09. The summed E-state index contributed by atoms with van der Waals surface area (Å²) in [7, 11) is 0. The molecule has 2 N–H and O–H groups in total. The van der Waals surface area contributed by atoms with Gasteiger partial charge in [0.1, 0.15) is 0 Å². The highest BCUT2D eigenvalue weighted by atomic mass is 35.5. The number of morpholine rings is 1. The molecule has 1 saturated heterocycles. The molecule has 6 nitrogen and oxygen atoms in total. The fraction of sp³-hybridized carbons (Fsp3) is 0.471. The zero-order chi connectivity index (χ0) is 17.6. The van der Waals surface area contributed by atoms with E-state index in [9.17, 15) is 4.79 Å². The Morgan fingerprint density at radius 3 is 2.84 bits per heavy atom. The highest BCUT2D eigenvalue weighted by molar-refractivity contribution is 6.42. The van der Waals surface area contributed by atoms with Crippen LogP contribution in [0.4, 0.5) is 0 Å². The maximum absolute atomic E-state index is 12.2. The first-order valence-electron chi connectivity index (χ1n) is 8.30. The lowest BCUT2D eigenvalue weighted by atomic mass is 10.1. The Kier molecular flexibility index (Phi) is 6.56. The van der Waals surface area contributed by atoms with Gasteiger partial charge in [0.05, 0.1) is 29.0 Å². The molecule has 1 aromatic carbocycles. The Balaban J connectivity index is 1.44. The van der Waals surface area contributed by atoms with Crippen LogP contribution in [0.5, 0.6) is 0 Å². The Bertz CT molecular complexity index is 648. The summed E-state index contributed by atoms with van der Waals surface area (Å²) in [6, 6.07) is 5.26. The summed E-state index contributed by atoms with van der Waals surface area (Å²) in [5, 5.41) is 3.85. The summed E-state index contributed by atoms with van der Waals surface area (Å²) in [6.45, 7) is 5.06. The fourth-order valence-electron chi connectivity index (χ4n) is 2.73. The minimum Gasteiger partial charge on any atom is -0.379 e. The molecule has 8 heteroatoms. The third-order valence-corrected chi connectivity index (χ3v) is 4.90. The van der Waals surface area contributed by atoms with Crippen molar-refractivity contribution in [3.63, 3.8) is 0 Å². The van der Waals surface area contributed by atoms with Crippen LogP contribution in [-0.4, -0.2) is 56.3 Å². The van der Waals surface area contributed by atoms with Crippen LogP contribution < -0.4 is 10.8 Å². The lowest BCUT2D eigenvalue weighted by molar-refractivity contribution is -0.131. The van der Waals surface area contributed by atoms with Crippen LogP contribution in [0.15, 0.2) is 24.3 Å². The van der Waals surface area contributed by atoms with E-state index in [4.69, 9.17) is 32.8 Å². The van der Waals surface area contributed by atoms with Crippen LogP contribution in [0.2, 0.25) is 10.0 Å². The quantitative estimate of drug-likeness (QED) is 0.734. The lowest BCUT2D eigenvalue weighted by Crippen LogP contribution is -2.39. The molecule has 1 aromatic rings. The zero-order valence-electron chi connectivity index (χ0n) is 13.8. The first-order chi connectivity index (χ1) is 12.1. The molecule has 0 saturated carbocycles. The highest BCUT2D eigenvalue weighted by Gasteiger charge is 2.24. The van der Waals surface area contributed by atoms with Crippen molar-refractivity contribution in [3.05, 3.63) is 39.9 Å². The molecule has 1 fully saturated rings. The van der Waals surface area contributed by atoms with Gasteiger partial charge in [0.25, 0.3) is 5.91 Å². The molecule has 0 aromatic heterocycles. The number of halogens is 2. The van der Waals surface area contributed by atoms with Gasteiger partial charge in [0.2, 0.25) is 0 Å². The Morgan fingerprint density at radius 1 is 1.28 bits per heavy atom. The minimum atomic E-state index is -0.659. The van der Waals surface area contributed by atoms with Crippen LogP contribution in [0.1, 0.15) is 12.0 Å². The molecule has 3 rings (SSSR count). The van der Waals surface area contributed by atoms with Crippen molar-refractivity contribution in [2.24, 2.45) is 0 Å². The van der Waals surface area contributed by atoms with Crippen LogP contribution in [-0.2, 0) is 14.4 Å². The SMILES string of the molecule is O=C(NCCCN1CCOCC1)[C@H]1C=C(c2ccc(Cl)c(Cl)c2)NO1. The van der Waals surface area contributed by atoms with E-state index < -0.39 is 6.10 Å². The van der Waals surface area contributed by atoms with E-state index in [1.165, 1.54) is 0 Å². The van der Waals surface area contributed by atoms with Crippen molar-refractivity contribution in [3.8, 4) is 0 Å². The molecule has 0 radical (unpaired) electrons. The number of hydroxylamine groups is 1. The molecular formula is C17H21Cl2N3O3. The molecule has 1 amide bonds. The third-order valence-electron chi connectivity index (χ3n) is 4.16. The number of carbonyl (C=O) groups is 1. The predicted octanol–water partition coefficient (Wildman–Crippen LogP) is 2.08. The van der Waals surface area contributed by atoms with Gasteiger partial charge < -0.3 is 10.1 Å². The van der Waals surface area contributed by atoms with Gasteiger partial charge in [0.15, 0.2) is 6.10 Å². The van der Waals surface area contributed by atoms with E-state index in [1.807, 2.05) is 6.07 Å². The van der Waals surface area contributed by atoms with Gasteiger partial charge in [-0.25, -0.2) is 0 Å². The molecule has 25 heavy (non-hydrogen) atoms. The molecule has 2 heterocycles. The van der Waals surface area contributed by atoms with Gasteiger partial charge in [-0.15, -0.1) is 0 Å². The smallest absolute Gasteiger partial charge is 0.255 e. The molecule has 0 bridgehead atoms. The number of rotatable bonds is 6. The summed E-state index contributed by atoms with van der Waals surface area (Å²) in [4.78, 5) is 19.9. The molecule has 136 valence electrons. The number of nitrogens with one attached hydrogen (secondary N) is 2. The maximum Gasteiger partial charge on any atom is 0.255 e. The fourth-order valence-corrected chi connectivity index (χ4v) is 3.03. The van der Waals surface area contributed by atoms with Gasteiger partial charge >= 0.3 is 0 Å². The van der Waals surface area contributed by atoms with Crippen molar-refractivity contribution >= 4 is 34.8 Å². The van der Waals surface area contributed by atoms with E-state index in [0.29, 0.717) is 22.3 Å².